The molecule has 0 aliphatic heterocycles. The maximum Gasteiger partial charge on any atom is 0.404 e. The summed E-state index contributed by atoms with van der Waals surface area (Å²) >= 11 is 0. The van der Waals surface area contributed by atoms with Crippen molar-refractivity contribution in [3.05, 3.63) is 24.5 Å². The summed E-state index contributed by atoms with van der Waals surface area (Å²) in [4.78, 5) is 23.2. The number of nitrogen functional groups attached to an aromatic ring is 2. The molecule has 11 heteroatoms. The van der Waals surface area contributed by atoms with Crippen LogP contribution in [0.1, 0.15) is 19.3 Å². The summed E-state index contributed by atoms with van der Waals surface area (Å²) in [6, 6.07) is 5.61. The molecule has 1 amide bonds. The third kappa shape index (κ3) is 3.74. The van der Waals surface area contributed by atoms with Crippen LogP contribution in [0, 0.1) is 0 Å². The van der Waals surface area contributed by atoms with E-state index >= 15 is 0 Å². The summed E-state index contributed by atoms with van der Waals surface area (Å²) in [6.07, 6.45) is 3.04. The molecule has 4 rings (SSSR count). The summed E-state index contributed by atoms with van der Waals surface area (Å²) in [5.41, 5.74) is 20.1. The Bertz CT molecular complexity index is 1180. The summed E-state index contributed by atoms with van der Waals surface area (Å²) in [6.45, 7) is 0.930. The number of hydrogen-bond donors (Lipinski definition) is 3. The highest BCUT2D eigenvalue weighted by atomic mass is 16.5. The molecule has 11 nitrogen and oxygen atoms in total. The molecule has 0 bridgehead atoms. The van der Waals surface area contributed by atoms with Crippen LogP contribution in [0.5, 0.6) is 0 Å². The predicted octanol–water partition coefficient (Wildman–Crippen LogP) is 2.06. The average Bonchev–Trinajstić information content (AvgIpc) is 3.24. The van der Waals surface area contributed by atoms with Gasteiger partial charge in [0.1, 0.15) is 23.4 Å². The lowest BCUT2D eigenvalue weighted by Gasteiger charge is -2.03. The first-order chi connectivity index (χ1) is 14.0. The molecular formula is C18H20N8O3. The van der Waals surface area contributed by atoms with Crippen LogP contribution in [0.2, 0.25) is 0 Å². The Balaban J connectivity index is 1.61. The number of amides is 1. The minimum Gasteiger partial charge on any atom is -0.450 e. The van der Waals surface area contributed by atoms with Gasteiger partial charge in [-0.25, -0.2) is 19.4 Å². The number of aryl methyl sites for hydroxylation is 1. The number of ether oxygens (including phenoxy) is 1. The fraction of sp³-hybridized carbons (Fsp3) is 0.278. The number of anilines is 2. The molecule has 0 atom stereocenters. The van der Waals surface area contributed by atoms with E-state index in [2.05, 4.69) is 15.0 Å². The van der Waals surface area contributed by atoms with E-state index in [1.54, 1.807) is 10.7 Å². The Morgan fingerprint density at radius 3 is 2.86 bits per heavy atom. The molecule has 0 saturated heterocycles. The number of rotatable bonds is 7. The zero-order valence-electron chi connectivity index (χ0n) is 15.5. The zero-order valence-corrected chi connectivity index (χ0v) is 15.5. The molecule has 3 aromatic heterocycles. The van der Waals surface area contributed by atoms with Crippen LogP contribution < -0.4 is 17.2 Å². The summed E-state index contributed by atoms with van der Waals surface area (Å²) in [5.74, 6) is 0.353. The second-order valence-electron chi connectivity index (χ2n) is 6.49. The number of benzene rings is 1. The van der Waals surface area contributed by atoms with Crippen LogP contribution in [-0.4, -0.2) is 37.4 Å². The number of nitrogens with two attached hydrogens (primary N) is 3. The van der Waals surface area contributed by atoms with E-state index in [4.69, 9.17) is 31.5 Å². The van der Waals surface area contributed by atoms with Crippen LogP contribution in [0.25, 0.3) is 33.4 Å². The Kier molecular flexibility index (Phi) is 4.85. The number of carbonyl (C=O) groups is 1. The molecular weight excluding hydrogens is 376 g/mol. The molecule has 0 saturated carbocycles. The van der Waals surface area contributed by atoms with Crippen molar-refractivity contribution in [3.63, 3.8) is 0 Å². The van der Waals surface area contributed by atoms with Gasteiger partial charge in [0.15, 0.2) is 11.2 Å². The summed E-state index contributed by atoms with van der Waals surface area (Å²) in [5, 5.41) is 5.40. The highest BCUT2D eigenvalue weighted by Crippen LogP contribution is 2.32. The van der Waals surface area contributed by atoms with Crippen molar-refractivity contribution < 1.29 is 13.9 Å². The Morgan fingerprint density at radius 1 is 1.17 bits per heavy atom. The standard InChI is InChI=1S/C18H20N8O3/c19-15-13-14(10-4-5-12-11(8-10)24-17(20)29-12)25-26(16(13)23-9-22-15)6-2-1-3-7-28-18(21)27/h4-5,8-9H,1-3,6-7H2,(H2,20,24)(H2,21,27)(H2,19,22,23). The largest absolute Gasteiger partial charge is 0.450 e. The second-order valence-corrected chi connectivity index (χ2v) is 6.49. The first kappa shape index (κ1) is 18.5. The molecule has 0 fully saturated rings. The molecule has 0 aliphatic rings. The lowest BCUT2D eigenvalue weighted by molar-refractivity contribution is 0.154. The number of unbranched alkanes of at least 4 members (excludes halogenated alkanes) is 2. The molecule has 29 heavy (non-hydrogen) atoms. The second kappa shape index (κ2) is 7.62. The molecule has 3 heterocycles. The number of fused-ring (bicyclic) bond motifs is 2. The third-order valence-corrected chi connectivity index (χ3v) is 4.49. The van der Waals surface area contributed by atoms with E-state index in [0.717, 1.165) is 24.8 Å². The van der Waals surface area contributed by atoms with Crippen molar-refractivity contribution in [1.82, 2.24) is 24.7 Å². The normalized spacial score (nSPS) is 11.3. The van der Waals surface area contributed by atoms with Gasteiger partial charge in [-0.05, 0) is 37.5 Å². The molecule has 150 valence electrons. The molecule has 0 radical (unpaired) electrons. The maximum atomic E-state index is 10.6. The first-order valence-corrected chi connectivity index (χ1v) is 9.08. The first-order valence-electron chi connectivity index (χ1n) is 9.08. The monoisotopic (exact) mass is 396 g/mol. The minimum atomic E-state index is -0.759. The van der Waals surface area contributed by atoms with Crippen molar-refractivity contribution in [2.24, 2.45) is 5.73 Å². The molecule has 0 unspecified atom stereocenters. The summed E-state index contributed by atoms with van der Waals surface area (Å²) in [7, 11) is 0. The average molecular weight is 396 g/mol. The van der Waals surface area contributed by atoms with Crippen LogP contribution >= 0.6 is 0 Å². The lowest BCUT2D eigenvalue weighted by Crippen LogP contribution is -2.13. The Hall–Kier alpha value is -3.89. The van der Waals surface area contributed by atoms with Crippen LogP contribution in [-0.2, 0) is 11.3 Å². The molecule has 0 spiro atoms. The van der Waals surface area contributed by atoms with E-state index in [-0.39, 0.29) is 6.01 Å². The number of oxazole rings is 1. The number of primary amides is 1. The number of carbonyl (C=O) groups excluding carboxylic acids is 1. The predicted molar refractivity (Wildman–Crippen MR) is 107 cm³/mol. The van der Waals surface area contributed by atoms with E-state index in [0.29, 0.717) is 46.8 Å². The number of nitrogens with zero attached hydrogens (tertiary/aromatic N) is 5. The fourth-order valence-corrected chi connectivity index (χ4v) is 3.19. The summed E-state index contributed by atoms with van der Waals surface area (Å²) < 4.78 is 11.9. The Labute approximate surface area is 164 Å². The van der Waals surface area contributed by atoms with Gasteiger partial charge in [0.25, 0.3) is 6.01 Å². The Morgan fingerprint density at radius 2 is 2.03 bits per heavy atom. The van der Waals surface area contributed by atoms with E-state index in [1.807, 2.05) is 12.1 Å². The van der Waals surface area contributed by atoms with Crippen LogP contribution in [0.3, 0.4) is 0 Å². The van der Waals surface area contributed by atoms with Gasteiger partial charge >= 0.3 is 6.09 Å². The SMILES string of the molecule is NC(=O)OCCCCCn1nc(-c2ccc3oc(N)nc3c2)c2c(N)ncnc21. The van der Waals surface area contributed by atoms with Crippen LogP contribution in [0.4, 0.5) is 16.6 Å². The van der Waals surface area contributed by atoms with Gasteiger partial charge < -0.3 is 26.4 Å². The number of aromatic nitrogens is 5. The maximum absolute atomic E-state index is 10.6. The molecule has 0 aliphatic carbocycles. The van der Waals surface area contributed by atoms with E-state index in [1.165, 1.54) is 6.33 Å². The third-order valence-electron chi connectivity index (χ3n) is 4.49. The zero-order chi connectivity index (χ0) is 20.4. The van der Waals surface area contributed by atoms with E-state index in [9.17, 15) is 4.79 Å². The van der Waals surface area contributed by atoms with Crippen LogP contribution in [0.15, 0.2) is 28.9 Å². The van der Waals surface area contributed by atoms with Gasteiger partial charge in [0, 0.05) is 12.1 Å². The van der Waals surface area contributed by atoms with Crippen molar-refractivity contribution >= 4 is 40.1 Å². The number of hydrogen-bond acceptors (Lipinski definition) is 9. The van der Waals surface area contributed by atoms with Gasteiger partial charge in [-0.1, -0.05) is 0 Å². The van der Waals surface area contributed by atoms with Crippen molar-refractivity contribution in [1.29, 1.82) is 0 Å². The molecule has 4 aromatic rings. The van der Waals surface area contributed by atoms with Gasteiger partial charge in [-0.15, -0.1) is 0 Å². The van der Waals surface area contributed by atoms with Gasteiger partial charge in [-0.2, -0.15) is 10.1 Å². The van der Waals surface area contributed by atoms with Crippen molar-refractivity contribution in [2.75, 3.05) is 18.1 Å². The smallest absolute Gasteiger partial charge is 0.404 e. The van der Waals surface area contributed by atoms with Crippen molar-refractivity contribution in [3.8, 4) is 11.3 Å². The van der Waals surface area contributed by atoms with Crippen molar-refractivity contribution in [2.45, 2.75) is 25.8 Å². The van der Waals surface area contributed by atoms with Gasteiger partial charge in [0.2, 0.25) is 0 Å². The molecule has 6 N–H and O–H groups in total. The highest BCUT2D eigenvalue weighted by Gasteiger charge is 2.18. The minimum absolute atomic E-state index is 0.107. The highest BCUT2D eigenvalue weighted by molar-refractivity contribution is 5.99. The topological polar surface area (TPSA) is 174 Å². The molecule has 1 aromatic carbocycles. The van der Waals surface area contributed by atoms with Gasteiger partial charge in [-0.3, -0.25) is 0 Å². The van der Waals surface area contributed by atoms with E-state index < -0.39 is 6.09 Å². The quantitative estimate of drug-likeness (QED) is 0.395. The lowest BCUT2D eigenvalue weighted by atomic mass is 10.1. The van der Waals surface area contributed by atoms with Gasteiger partial charge in [0.05, 0.1) is 12.0 Å². The fourth-order valence-electron chi connectivity index (χ4n) is 3.19.